The molecule has 1 aromatic rings. The van der Waals surface area contributed by atoms with Gasteiger partial charge in [-0.3, -0.25) is 0 Å². The molecule has 0 saturated carbocycles. The predicted octanol–water partition coefficient (Wildman–Crippen LogP) is 0.917. The zero-order valence-electron chi connectivity index (χ0n) is 11.7. The molecule has 0 amide bonds. The van der Waals surface area contributed by atoms with Crippen molar-refractivity contribution in [1.29, 1.82) is 5.26 Å². The van der Waals surface area contributed by atoms with Gasteiger partial charge in [0.2, 0.25) is 0 Å². The standard InChI is InChI=1S/C12H9F3N2OS.Na.H/c1-7(18)10(6-16)11(19)17-9-4-2-8(3-5-9)12(13,14)15;;/h2-5,18H,1H3,(H,17,19);;/q;+1;-1/b10-7-;;. The predicted molar refractivity (Wildman–Crippen MR) is 69.7 cm³/mol. The van der Waals surface area contributed by atoms with Gasteiger partial charge in [0.15, 0.2) is 0 Å². The number of halogens is 3. The van der Waals surface area contributed by atoms with Crippen molar-refractivity contribution in [2.75, 3.05) is 5.32 Å². The molecule has 0 radical (unpaired) electrons. The van der Waals surface area contributed by atoms with Gasteiger partial charge in [-0.2, -0.15) is 18.4 Å². The van der Waals surface area contributed by atoms with Crippen molar-refractivity contribution in [3.8, 4) is 6.07 Å². The summed E-state index contributed by atoms with van der Waals surface area (Å²) in [4.78, 5) is -0.0535. The van der Waals surface area contributed by atoms with E-state index in [0.717, 1.165) is 12.1 Å². The zero-order valence-corrected chi connectivity index (χ0v) is 13.6. The largest absolute Gasteiger partial charge is 1.00 e. The molecule has 102 valence electrons. The quantitative estimate of drug-likeness (QED) is 0.280. The topological polar surface area (TPSA) is 56.0 Å². The summed E-state index contributed by atoms with van der Waals surface area (Å²) in [6.07, 6.45) is -4.40. The van der Waals surface area contributed by atoms with E-state index in [2.05, 4.69) is 5.32 Å². The fraction of sp³-hybridized carbons (Fsp3) is 0.167. The molecule has 1 rings (SSSR count). The molecule has 2 N–H and O–H groups in total. The molecule has 0 heterocycles. The summed E-state index contributed by atoms with van der Waals surface area (Å²) in [7, 11) is 0. The molecular formula is C12H10F3N2NaOS. The van der Waals surface area contributed by atoms with Gasteiger partial charge >= 0.3 is 35.7 Å². The Bertz CT molecular complexity index is 563. The van der Waals surface area contributed by atoms with E-state index in [1.165, 1.54) is 19.1 Å². The molecule has 0 aliphatic carbocycles. The average Bonchev–Trinajstić information content (AvgIpc) is 2.28. The number of nitriles is 1. The Kier molecular flexibility index (Phi) is 7.23. The Morgan fingerprint density at radius 2 is 1.85 bits per heavy atom. The number of nitrogens with one attached hydrogen (secondary N) is 1. The van der Waals surface area contributed by atoms with E-state index < -0.39 is 11.7 Å². The van der Waals surface area contributed by atoms with E-state index in [0.29, 0.717) is 5.69 Å². The van der Waals surface area contributed by atoms with Gasteiger partial charge in [-0.05, 0) is 31.2 Å². The number of thiocarbonyl (C=S) groups is 1. The van der Waals surface area contributed by atoms with Crippen LogP contribution >= 0.6 is 12.2 Å². The third-order valence-corrected chi connectivity index (χ3v) is 2.48. The molecule has 0 fully saturated rings. The summed E-state index contributed by atoms with van der Waals surface area (Å²) in [6.45, 7) is 1.29. The fourth-order valence-electron chi connectivity index (χ4n) is 1.23. The molecule has 0 atom stereocenters. The average molecular weight is 310 g/mol. The molecule has 0 aliphatic rings. The first kappa shape index (κ1) is 18.9. The van der Waals surface area contributed by atoms with Gasteiger partial charge in [-0.1, -0.05) is 12.2 Å². The first-order valence-corrected chi connectivity index (χ1v) is 5.45. The van der Waals surface area contributed by atoms with Crippen LogP contribution in [0, 0.1) is 11.3 Å². The minimum Gasteiger partial charge on any atom is -1.00 e. The SMILES string of the molecule is C/C(O)=C(\C#N)C(=S)Nc1ccc(C(F)(F)F)cc1.[H-].[Na+]. The summed E-state index contributed by atoms with van der Waals surface area (Å²) < 4.78 is 37.0. The summed E-state index contributed by atoms with van der Waals surface area (Å²) in [6, 6.07) is 5.88. The molecule has 1 aromatic carbocycles. The number of hydrogen-bond donors (Lipinski definition) is 2. The van der Waals surface area contributed by atoms with Gasteiger partial charge in [0, 0.05) is 5.69 Å². The van der Waals surface area contributed by atoms with Crippen molar-refractivity contribution in [1.82, 2.24) is 0 Å². The second-order valence-corrected chi connectivity index (χ2v) is 4.01. The minimum absolute atomic E-state index is 0. The number of alkyl halides is 3. The van der Waals surface area contributed by atoms with E-state index in [1.54, 1.807) is 6.07 Å². The summed E-state index contributed by atoms with van der Waals surface area (Å²) >= 11 is 4.87. The van der Waals surface area contributed by atoms with Crippen LogP contribution in [0.5, 0.6) is 0 Å². The maximum Gasteiger partial charge on any atom is 1.00 e. The number of allylic oxidation sites excluding steroid dienone is 1. The first-order chi connectivity index (χ1) is 8.75. The third kappa shape index (κ3) is 5.13. The van der Waals surface area contributed by atoms with Crippen molar-refractivity contribution in [2.24, 2.45) is 0 Å². The van der Waals surface area contributed by atoms with Gasteiger partial charge in [-0.25, -0.2) is 0 Å². The van der Waals surface area contributed by atoms with E-state index in [9.17, 15) is 18.3 Å². The zero-order chi connectivity index (χ0) is 14.6. The van der Waals surface area contributed by atoms with Crippen LogP contribution in [0.3, 0.4) is 0 Å². The van der Waals surface area contributed by atoms with Crippen LogP contribution in [0.2, 0.25) is 0 Å². The molecule has 3 nitrogen and oxygen atoms in total. The first-order valence-electron chi connectivity index (χ1n) is 5.04. The second-order valence-electron chi connectivity index (χ2n) is 3.60. The smallest absolute Gasteiger partial charge is 1.00 e. The fourth-order valence-corrected chi connectivity index (χ4v) is 1.54. The third-order valence-electron chi connectivity index (χ3n) is 2.17. The normalized spacial score (nSPS) is 11.8. The van der Waals surface area contributed by atoms with Crippen molar-refractivity contribution >= 4 is 22.9 Å². The van der Waals surface area contributed by atoms with Gasteiger partial charge in [-0.15, -0.1) is 0 Å². The van der Waals surface area contributed by atoms with Gasteiger partial charge in [0.1, 0.15) is 22.4 Å². The Hall–Kier alpha value is -1.07. The van der Waals surface area contributed by atoms with E-state index in [1.807, 2.05) is 0 Å². The number of rotatable bonds is 2. The number of nitrogens with zero attached hydrogens (tertiary/aromatic N) is 1. The molecule has 0 bridgehead atoms. The van der Waals surface area contributed by atoms with Crippen LogP contribution in [0.4, 0.5) is 18.9 Å². The van der Waals surface area contributed by atoms with E-state index in [-0.39, 0.29) is 47.3 Å². The molecule has 8 heteroatoms. The summed E-state index contributed by atoms with van der Waals surface area (Å²) in [5, 5.41) is 20.5. The number of hydrogen-bond acceptors (Lipinski definition) is 3. The molecule has 0 aromatic heterocycles. The summed E-state index contributed by atoms with van der Waals surface area (Å²) in [5.74, 6) is -0.257. The Morgan fingerprint density at radius 1 is 1.35 bits per heavy atom. The van der Waals surface area contributed by atoms with Crippen LogP contribution in [0.15, 0.2) is 35.6 Å². The Labute approximate surface area is 142 Å². The van der Waals surface area contributed by atoms with Crippen molar-refractivity contribution in [3.05, 3.63) is 41.2 Å². The molecule has 20 heavy (non-hydrogen) atoms. The minimum atomic E-state index is -4.40. The molecule has 0 aliphatic heterocycles. The van der Waals surface area contributed by atoms with Crippen LogP contribution in [0.25, 0.3) is 0 Å². The summed E-state index contributed by atoms with van der Waals surface area (Å²) in [5.41, 5.74) is -0.611. The van der Waals surface area contributed by atoms with Crippen LogP contribution < -0.4 is 34.9 Å². The van der Waals surface area contributed by atoms with Gasteiger partial charge < -0.3 is 11.8 Å². The number of aliphatic hydroxyl groups is 1. The number of anilines is 1. The Morgan fingerprint density at radius 3 is 2.20 bits per heavy atom. The van der Waals surface area contributed by atoms with E-state index >= 15 is 0 Å². The van der Waals surface area contributed by atoms with Gasteiger partial charge in [0.05, 0.1) is 5.56 Å². The maximum absolute atomic E-state index is 12.3. The second kappa shape index (κ2) is 7.64. The van der Waals surface area contributed by atoms with Crippen molar-refractivity contribution in [3.63, 3.8) is 0 Å². The van der Waals surface area contributed by atoms with Crippen LogP contribution in [-0.2, 0) is 6.18 Å². The molecule has 0 spiro atoms. The monoisotopic (exact) mass is 310 g/mol. The molecule has 0 unspecified atom stereocenters. The molecule has 0 saturated heterocycles. The van der Waals surface area contributed by atoms with Crippen LogP contribution in [-0.4, -0.2) is 10.1 Å². The van der Waals surface area contributed by atoms with Crippen LogP contribution in [0.1, 0.15) is 13.9 Å². The molecular weight excluding hydrogens is 300 g/mol. The maximum atomic E-state index is 12.3. The van der Waals surface area contributed by atoms with Crippen molar-refractivity contribution < 1.29 is 49.3 Å². The number of aliphatic hydroxyl groups excluding tert-OH is 1. The Balaban J connectivity index is 0. The number of benzene rings is 1. The van der Waals surface area contributed by atoms with Gasteiger partial charge in [0.25, 0.3) is 0 Å². The van der Waals surface area contributed by atoms with E-state index in [4.69, 9.17) is 17.5 Å². The van der Waals surface area contributed by atoms with Crippen molar-refractivity contribution in [2.45, 2.75) is 13.1 Å².